The van der Waals surface area contributed by atoms with Crippen molar-refractivity contribution in [2.24, 2.45) is 0 Å². The highest BCUT2D eigenvalue weighted by atomic mass is 35.5. The maximum atomic E-state index is 12.8. The smallest absolute Gasteiger partial charge is 0.412 e. The quantitative estimate of drug-likeness (QED) is 0.743. The summed E-state index contributed by atoms with van der Waals surface area (Å²) in [5, 5.41) is 0.546. The molecule has 2 amide bonds. The number of carbonyl (C=O) groups excluding carboxylic acids is 2. The molecule has 4 rings (SSSR count). The van der Waals surface area contributed by atoms with E-state index in [1.807, 2.05) is 7.05 Å². The number of halogens is 1. The number of amides is 2. The number of fused-ring (bicyclic) bond motifs is 1. The molecular weight excluding hydrogens is 372 g/mol. The molecule has 4 heterocycles. The van der Waals surface area contributed by atoms with Gasteiger partial charge in [0.15, 0.2) is 17.3 Å². The summed E-state index contributed by atoms with van der Waals surface area (Å²) in [6.45, 7) is 2.65. The number of ether oxygens (including phenoxy) is 1. The summed E-state index contributed by atoms with van der Waals surface area (Å²) in [6.07, 6.45) is 2.85. The van der Waals surface area contributed by atoms with E-state index in [0.29, 0.717) is 29.6 Å². The minimum absolute atomic E-state index is 0.151. The molecule has 0 radical (unpaired) electrons. The first kappa shape index (κ1) is 17.6. The lowest BCUT2D eigenvalue weighted by atomic mass is 10.3. The van der Waals surface area contributed by atoms with Gasteiger partial charge in [0, 0.05) is 44.6 Å². The fourth-order valence-corrected chi connectivity index (χ4v) is 3.16. The number of likely N-dealkylation sites (N-methyl/N-ethyl adjacent to an activating group) is 1. The van der Waals surface area contributed by atoms with Crippen molar-refractivity contribution in [1.82, 2.24) is 24.8 Å². The number of piperazine rings is 1. The van der Waals surface area contributed by atoms with Gasteiger partial charge in [0.25, 0.3) is 5.91 Å². The third-order valence-corrected chi connectivity index (χ3v) is 4.80. The van der Waals surface area contributed by atoms with E-state index >= 15 is 0 Å². The van der Waals surface area contributed by atoms with Gasteiger partial charge in [-0.05, 0) is 13.1 Å². The highest BCUT2D eigenvalue weighted by molar-refractivity contribution is 6.08. The van der Waals surface area contributed by atoms with Crippen LogP contribution in [0, 0.1) is 11.6 Å². The van der Waals surface area contributed by atoms with Crippen molar-refractivity contribution < 1.29 is 25.9 Å². The standard InChI is InChI=1S/C17H18ClN6O3/c1-22-6-8-23(9-7-22)17(26)27-16-14-13(19-4-5-20-14)15(25)24(16)12-3-2-11(18)10-21-12/h2-5,10,16,18H,6-9H2,1H3/q+1. The van der Waals surface area contributed by atoms with E-state index < -0.39 is 18.2 Å². The van der Waals surface area contributed by atoms with Crippen LogP contribution in [0.3, 0.4) is 0 Å². The Balaban J connectivity index is 1.63. The summed E-state index contributed by atoms with van der Waals surface area (Å²) < 4.78 is 5.69. The van der Waals surface area contributed by atoms with Gasteiger partial charge in [0.1, 0.15) is 11.5 Å². The Morgan fingerprint density at radius 2 is 1.89 bits per heavy atom. The molecule has 140 valence electrons. The number of hydrogen-bond donors (Lipinski definition) is 0. The van der Waals surface area contributed by atoms with E-state index in [0.717, 1.165) is 13.1 Å². The highest BCUT2D eigenvalue weighted by Gasteiger charge is 2.44. The fourth-order valence-electron chi connectivity index (χ4n) is 3.04. The first-order valence-electron chi connectivity index (χ1n) is 8.46. The molecule has 2 aliphatic heterocycles. The van der Waals surface area contributed by atoms with Crippen LogP contribution in [0.15, 0.2) is 30.7 Å². The molecule has 1 unspecified atom stereocenters. The predicted molar refractivity (Wildman–Crippen MR) is 91.9 cm³/mol. The summed E-state index contributed by atoms with van der Waals surface area (Å²) in [7, 11) is 2.00. The van der Waals surface area contributed by atoms with Crippen molar-refractivity contribution in [3.8, 4) is 0 Å². The molecular formula is C17H18ClN6O3+. The molecule has 1 saturated heterocycles. The lowest BCUT2D eigenvalue weighted by molar-refractivity contribution is -0.289. The van der Waals surface area contributed by atoms with Crippen molar-refractivity contribution in [3.05, 3.63) is 47.1 Å². The average molecular weight is 390 g/mol. The number of anilines is 1. The molecule has 2 aromatic rings. The van der Waals surface area contributed by atoms with Crippen molar-refractivity contribution in [2.45, 2.75) is 6.23 Å². The van der Waals surface area contributed by atoms with E-state index in [1.54, 1.807) is 17.0 Å². The summed E-state index contributed by atoms with van der Waals surface area (Å²) in [5.74, 6) is -0.0940. The third-order valence-electron chi connectivity index (χ3n) is 4.56. The van der Waals surface area contributed by atoms with E-state index in [4.69, 9.17) is 16.3 Å². The highest BCUT2D eigenvalue weighted by Crippen LogP contribution is 2.35. The summed E-state index contributed by atoms with van der Waals surface area (Å²) in [5.41, 5.74) is 0.451. The zero-order valence-electron chi connectivity index (χ0n) is 14.6. The monoisotopic (exact) mass is 389 g/mol. The van der Waals surface area contributed by atoms with Crippen LogP contribution in [0.4, 0.5) is 10.6 Å². The SMILES string of the molecule is CN1CCN(C(=O)OC2c3nccnc3C(=O)N2c2ccc([ClH+])cn2)CC1. The Labute approximate surface area is 160 Å². The number of nitrogens with zero attached hydrogens (tertiary/aromatic N) is 6. The number of hydrogen-bond acceptors (Lipinski definition) is 7. The van der Waals surface area contributed by atoms with Gasteiger partial charge in [-0.1, -0.05) is 0 Å². The maximum Gasteiger partial charge on any atom is 0.412 e. The van der Waals surface area contributed by atoms with Crippen LogP contribution in [0.5, 0.6) is 0 Å². The lowest BCUT2D eigenvalue weighted by Gasteiger charge is -2.33. The summed E-state index contributed by atoms with van der Waals surface area (Å²) >= 11 is 5.05. The average Bonchev–Trinajstić information content (AvgIpc) is 2.95. The summed E-state index contributed by atoms with van der Waals surface area (Å²) in [6, 6.07) is 3.27. The summed E-state index contributed by atoms with van der Waals surface area (Å²) in [4.78, 5) is 43.1. The number of aromatic nitrogens is 3. The van der Waals surface area contributed by atoms with E-state index in [9.17, 15) is 9.59 Å². The molecule has 2 aliphatic rings. The molecule has 10 heteroatoms. The first-order chi connectivity index (χ1) is 13.0. The molecule has 0 saturated carbocycles. The number of pyridine rings is 1. The number of rotatable bonds is 2. The fraction of sp³-hybridized carbons (Fsp3) is 0.353. The molecule has 0 N–H and O–H groups in total. The Kier molecular flexibility index (Phi) is 4.63. The van der Waals surface area contributed by atoms with E-state index in [2.05, 4.69) is 19.9 Å². The van der Waals surface area contributed by atoms with Crippen LogP contribution in [-0.2, 0) is 4.74 Å². The van der Waals surface area contributed by atoms with Gasteiger partial charge in [0.2, 0.25) is 11.3 Å². The van der Waals surface area contributed by atoms with Crippen LogP contribution in [0.25, 0.3) is 0 Å². The zero-order valence-corrected chi connectivity index (χ0v) is 15.4. The first-order valence-corrected chi connectivity index (χ1v) is 8.87. The van der Waals surface area contributed by atoms with Crippen molar-refractivity contribution >= 4 is 17.8 Å². The molecule has 0 aliphatic carbocycles. The van der Waals surface area contributed by atoms with Crippen LogP contribution < -0.4 is 4.90 Å². The van der Waals surface area contributed by atoms with Crippen molar-refractivity contribution in [1.29, 1.82) is 0 Å². The Bertz CT molecular complexity index is 869. The Morgan fingerprint density at radius 1 is 1.15 bits per heavy atom. The van der Waals surface area contributed by atoms with Crippen LogP contribution in [0.1, 0.15) is 22.4 Å². The maximum absolute atomic E-state index is 12.8. The van der Waals surface area contributed by atoms with Crippen LogP contribution >= 0.6 is 0 Å². The van der Waals surface area contributed by atoms with Gasteiger partial charge in [-0.2, -0.15) is 0 Å². The second-order valence-electron chi connectivity index (χ2n) is 6.34. The van der Waals surface area contributed by atoms with Crippen LogP contribution in [-0.4, -0.2) is 70.0 Å². The normalized spacial score (nSPS) is 19.9. The minimum Gasteiger partial charge on any atom is -0.419 e. The zero-order chi connectivity index (χ0) is 19.0. The molecule has 27 heavy (non-hydrogen) atoms. The Hall–Kier alpha value is -2.78. The van der Waals surface area contributed by atoms with Crippen molar-refractivity contribution in [2.75, 3.05) is 38.1 Å². The van der Waals surface area contributed by atoms with Crippen molar-refractivity contribution in [3.63, 3.8) is 0 Å². The van der Waals surface area contributed by atoms with Crippen LogP contribution in [0.2, 0.25) is 5.02 Å². The third kappa shape index (κ3) is 3.31. The van der Waals surface area contributed by atoms with Gasteiger partial charge in [-0.3, -0.25) is 9.78 Å². The Morgan fingerprint density at radius 3 is 2.59 bits per heavy atom. The topological polar surface area (TPSA) is 91.8 Å². The molecule has 1 atom stereocenters. The predicted octanol–water partition coefficient (Wildman–Crippen LogP) is 0.611. The molecule has 9 nitrogen and oxygen atoms in total. The molecule has 0 bridgehead atoms. The molecule has 0 aromatic carbocycles. The minimum atomic E-state index is -1.02. The van der Waals surface area contributed by atoms with Gasteiger partial charge < -0.3 is 14.5 Å². The van der Waals surface area contributed by atoms with E-state index in [-0.39, 0.29) is 5.69 Å². The molecule has 1 fully saturated rings. The van der Waals surface area contributed by atoms with E-state index in [1.165, 1.54) is 23.5 Å². The largest absolute Gasteiger partial charge is 0.419 e. The van der Waals surface area contributed by atoms with Gasteiger partial charge in [-0.25, -0.2) is 19.7 Å². The molecule has 0 spiro atoms. The number of carbonyl (C=O) groups is 2. The molecule has 2 aromatic heterocycles. The van der Waals surface area contributed by atoms with Gasteiger partial charge in [-0.15, -0.1) is 0 Å². The van der Waals surface area contributed by atoms with Gasteiger partial charge in [0.05, 0.1) is 6.20 Å². The van der Waals surface area contributed by atoms with Gasteiger partial charge >= 0.3 is 6.09 Å². The second-order valence-corrected chi connectivity index (χ2v) is 6.82. The lowest BCUT2D eigenvalue weighted by Crippen LogP contribution is -2.48. The second kappa shape index (κ2) is 7.09.